The summed E-state index contributed by atoms with van der Waals surface area (Å²) in [4.78, 5) is 27.2. The van der Waals surface area contributed by atoms with Crippen LogP contribution < -0.4 is 5.32 Å². The lowest BCUT2D eigenvalue weighted by atomic mass is 9.89. The highest BCUT2D eigenvalue weighted by atomic mass is 19.3. The fourth-order valence-corrected chi connectivity index (χ4v) is 4.54. The second kappa shape index (κ2) is 7.65. The minimum Gasteiger partial charge on any atom is -0.415 e. The maximum absolute atomic E-state index is 13.3. The first-order chi connectivity index (χ1) is 14.9. The fourth-order valence-electron chi connectivity index (χ4n) is 4.54. The molecule has 0 spiro atoms. The summed E-state index contributed by atoms with van der Waals surface area (Å²) < 4.78 is 43.7. The van der Waals surface area contributed by atoms with Crippen LogP contribution in [0.5, 0.6) is 0 Å². The lowest BCUT2D eigenvalue weighted by Gasteiger charge is -2.38. The Labute approximate surface area is 176 Å². The second-order valence-corrected chi connectivity index (χ2v) is 8.38. The van der Waals surface area contributed by atoms with E-state index >= 15 is 0 Å². The van der Waals surface area contributed by atoms with E-state index < -0.39 is 24.4 Å². The number of benzene rings is 1. The molecule has 1 aliphatic heterocycles. The van der Waals surface area contributed by atoms with Crippen LogP contribution in [0.1, 0.15) is 60.3 Å². The molecule has 2 amide bonds. The van der Waals surface area contributed by atoms with Crippen molar-refractivity contribution >= 4 is 11.8 Å². The number of aromatic nitrogens is 2. The highest BCUT2D eigenvalue weighted by Gasteiger charge is 2.46. The number of alkyl halides is 3. The number of hydrogen-bond acceptors (Lipinski definition) is 5. The van der Waals surface area contributed by atoms with Crippen LogP contribution in [-0.4, -0.2) is 45.2 Å². The van der Waals surface area contributed by atoms with Crippen molar-refractivity contribution in [3.63, 3.8) is 0 Å². The van der Waals surface area contributed by atoms with E-state index in [2.05, 4.69) is 15.5 Å². The Morgan fingerprint density at radius 3 is 2.71 bits per heavy atom. The molecule has 1 N–H and O–H groups in total. The number of halogens is 3. The molecule has 1 aromatic heterocycles. The van der Waals surface area contributed by atoms with Crippen LogP contribution >= 0.6 is 0 Å². The third-order valence-corrected chi connectivity index (χ3v) is 6.32. The number of nitrogens with one attached hydrogen (secondary N) is 1. The van der Waals surface area contributed by atoms with Crippen molar-refractivity contribution in [3.8, 4) is 11.5 Å². The van der Waals surface area contributed by atoms with Crippen molar-refractivity contribution in [1.82, 2.24) is 20.4 Å². The summed E-state index contributed by atoms with van der Waals surface area (Å²) in [6, 6.07) is 4.60. The standard InChI is InChI=1S/C21H21F3N4O3/c22-14-8-13(14)18(29)25-15-3-1-2-4-16(15)28-9-11-6-5-10(7-12(11)21(28)30)19-26-27-20(31-19)17(23)24/h5-7,13-17H,1-4,8-9H2,(H,25,29)/t13-,14-,15-,16-/m1/s1. The topological polar surface area (TPSA) is 88.3 Å². The molecule has 10 heteroatoms. The number of fused-ring (bicyclic) bond motifs is 1. The van der Waals surface area contributed by atoms with E-state index in [1.165, 1.54) is 0 Å². The molecule has 1 aromatic carbocycles. The van der Waals surface area contributed by atoms with E-state index in [-0.39, 0.29) is 36.2 Å². The Kier molecular flexibility index (Phi) is 4.94. The van der Waals surface area contributed by atoms with E-state index in [1.807, 2.05) is 0 Å². The van der Waals surface area contributed by atoms with Gasteiger partial charge in [0, 0.05) is 23.7 Å². The van der Waals surface area contributed by atoms with Gasteiger partial charge in [-0.1, -0.05) is 18.9 Å². The highest BCUT2D eigenvalue weighted by molar-refractivity contribution is 5.99. The molecular weight excluding hydrogens is 413 g/mol. The SMILES string of the molecule is O=C(N[C@@H]1CCCC[C@H]1N1Cc2ccc(-c3nnc(C(F)F)o3)cc2C1=O)[C@@H]1C[C@H]1F. The Morgan fingerprint density at radius 1 is 1.23 bits per heavy atom. The smallest absolute Gasteiger partial charge is 0.314 e. The summed E-state index contributed by atoms with van der Waals surface area (Å²) in [5.74, 6) is -1.87. The molecule has 0 radical (unpaired) electrons. The van der Waals surface area contributed by atoms with Gasteiger partial charge in [0.2, 0.25) is 11.8 Å². The lowest BCUT2D eigenvalue weighted by Crippen LogP contribution is -2.53. The average Bonchev–Trinajstić information content (AvgIpc) is 3.16. The number of carbonyl (C=O) groups is 2. The molecule has 3 aliphatic rings. The minimum atomic E-state index is -2.87. The third-order valence-electron chi connectivity index (χ3n) is 6.32. The lowest BCUT2D eigenvalue weighted by molar-refractivity contribution is -0.124. The van der Waals surface area contributed by atoms with E-state index in [0.29, 0.717) is 17.7 Å². The van der Waals surface area contributed by atoms with Gasteiger partial charge in [0.15, 0.2) is 0 Å². The van der Waals surface area contributed by atoms with Gasteiger partial charge in [-0.2, -0.15) is 8.78 Å². The van der Waals surface area contributed by atoms with Crippen molar-refractivity contribution in [2.75, 3.05) is 0 Å². The maximum Gasteiger partial charge on any atom is 0.314 e. The Bertz CT molecular complexity index is 1030. The minimum absolute atomic E-state index is 0.0719. The summed E-state index contributed by atoms with van der Waals surface area (Å²) in [5.41, 5.74) is 1.66. The van der Waals surface area contributed by atoms with Crippen molar-refractivity contribution in [2.24, 2.45) is 5.92 Å². The van der Waals surface area contributed by atoms with Gasteiger partial charge in [0.05, 0.1) is 12.0 Å². The Hall–Kier alpha value is -2.91. The molecular formula is C21H21F3N4O3. The van der Waals surface area contributed by atoms with Gasteiger partial charge in [-0.3, -0.25) is 9.59 Å². The molecule has 2 aromatic rings. The van der Waals surface area contributed by atoms with Gasteiger partial charge in [-0.15, -0.1) is 10.2 Å². The molecule has 2 aliphatic carbocycles. The van der Waals surface area contributed by atoms with Gasteiger partial charge >= 0.3 is 6.43 Å². The predicted octanol–water partition coefficient (Wildman–Crippen LogP) is 3.42. The van der Waals surface area contributed by atoms with E-state index in [1.54, 1.807) is 23.1 Å². The molecule has 2 saturated carbocycles. The van der Waals surface area contributed by atoms with Gasteiger partial charge in [-0.25, -0.2) is 4.39 Å². The van der Waals surface area contributed by atoms with Gasteiger partial charge in [0.1, 0.15) is 6.17 Å². The van der Waals surface area contributed by atoms with Gasteiger partial charge < -0.3 is 14.6 Å². The van der Waals surface area contributed by atoms with E-state index in [4.69, 9.17) is 4.42 Å². The first-order valence-electron chi connectivity index (χ1n) is 10.4. The van der Waals surface area contributed by atoms with Crippen molar-refractivity contribution in [1.29, 1.82) is 0 Å². The molecule has 5 rings (SSSR count). The quantitative estimate of drug-likeness (QED) is 0.779. The first-order valence-corrected chi connectivity index (χ1v) is 10.4. The molecule has 31 heavy (non-hydrogen) atoms. The van der Waals surface area contributed by atoms with Crippen LogP contribution in [0, 0.1) is 5.92 Å². The molecule has 0 bridgehead atoms. The number of hydrogen-bond donors (Lipinski definition) is 1. The third kappa shape index (κ3) is 3.68. The Balaban J connectivity index is 1.35. The van der Waals surface area contributed by atoms with E-state index in [0.717, 1.165) is 31.2 Å². The highest BCUT2D eigenvalue weighted by Crippen LogP contribution is 2.36. The second-order valence-electron chi connectivity index (χ2n) is 8.38. The zero-order valence-electron chi connectivity index (χ0n) is 16.6. The summed E-state index contributed by atoms with van der Waals surface area (Å²) in [5, 5.41) is 9.93. The first kappa shape index (κ1) is 20.0. The molecule has 2 fully saturated rings. The molecule has 164 valence electrons. The normalized spacial score (nSPS) is 27.5. The summed E-state index contributed by atoms with van der Waals surface area (Å²) in [6.45, 7) is 0.396. The summed E-state index contributed by atoms with van der Waals surface area (Å²) in [6.07, 6.45) is -0.289. The monoisotopic (exact) mass is 434 g/mol. The van der Waals surface area contributed by atoms with Gasteiger partial charge in [0.25, 0.3) is 11.8 Å². The van der Waals surface area contributed by atoms with Crippen LogP contribution in [0.3, 0.4) is 0 Å². The van der Waals surface area contributed by atoms with Crippen LogP contribution in [0.15, 0.2) is 22.6 Å². The van der Waals surface area contributed by atoms with E-state index in [9.17, 15) is 22.8 Å². The van der Waals surface area contributed by atoms with Crippen molar-refractivity contribution in [3.05, 3.63) is 35.2 Å². The van der Waals surface area contributed by atoms with Crippen molar-refractivity contribution < 1.29 is 27.2 Å². The Morgan fingerprint density at radius 2 is 2.00 bits per heavy atom. The predicted molar refractivity (Wildman–Crippen MR) is 102 cm³/mol. The largest absolute Gasteiger partial charge is 0.415 e. The molecule has 0 saturated heterocycles. The fraction of sp³-hybridized carbons (Fsp3) is 0.524. The van der Waals surface area contributed by atoms with Gasteiger partial charge in [-0.05, 0) is 37.0 Å². The van der Waals surface area contributed by atoms with Crippen LogP contribution in [0.4, 0.5) is 13.2 Å². The average molecular weight is 434 g/mol. The molecule has 2 heterocycles. The molecule has 4 atom stereocenters. The zero-order chi connectivity index (χ0) is 21.7. The number of amides is 2. The zero-order valence-corrected chi connectivity index (χ0v) is 16.6. The summed E-state index contributed by atoms with van der Waals surface area (Å²) in [7, 11) is 0. The molecule has 7 nitrogen and oxygen atoms in total. The van der Waals surface area contributed by atoms with Crippen LogP contribution in [0.25, 0.3) is 11.5 Å². The maximum atomic E-state index is 13.3. The number of rotatable bonds is 5. The van der Waals surface area contributed by atoms with Crippen molar-refractivity contribution in [2.45, 2.75) is 63.3 Å². The number of nitrogens with zero attached hydrogens (tertiary/aromatic N) is 3. The number of carbonyl (C=O) groups excluding carboxylic acids is 2. The van der Waals surface area contributed by atoms with Crippen LogP contribution in [0.2, 0.25) is 0 Å². The summed E-state index contributed by atoms with van der Waals surface area (Å²) >= 11 is 0. The molecule has 0 unspecified atom stereocenters. The van der Waals surface area contributed by atoms with Crippen LogP contribution in [-0.2, 0) is 11.3 Å².